The zero-order chi connectivity index (χ0) is 13.8. The van der Waals surface area contributed by atoms with Crippen LogP contribution in [0.4, 0.5) is 5.95 Å². The summed E-state index contributed by atoms with van der Waals surface area (Å²) in [7, 11) is 0. The van der Waals surface area contributed by atoms with Crippen LogP contribution >= 0.6 is 11.6 Å². The molecule has 0 atom stereocenters. The molecule has 0 saturated carbocycles. The summed E-state index contributed by atoms with van der Waals surface area (Å²) in [5.74, 6) is 1.24. The Hall–Kier alpha value is -1.68. The maximum atomic E-state index is 6.01. The number of rotatable bonds is 4. The lowest BCUT2D eigenvalue weighted by atomic mass is 10.1. The van der Waals surface area contributed by atoms with Crippen LogP contribution in [0.5, 0.6) is 0 Å². The number of benzene rings is 1. The smallest absolute Gasteiger partial charge is 0.230 e. The van der Waals surface area contributed by atoms with E-state index in [0.717, 1.165) is 18.7 Å². The van der Waals surface area contributed by atoms with Gasteiger partial charge in [0, 0.05) is 18.7 Å². The Morgan fingerprint density at radius 1 is 1.11 bits per heavy atom. The lowest BCUT2D eigenvalue weighted by Crippen LogP contribution is -2.24. The molecule has 1 heterocycles. The summed E-state index contributed by atoms with van der Waals surface area (Å²) in [4.78, 5) is 15.0. The third-order valence-corrected chi connectivity index (χ3v) is 3.09. The summed E-state index contributed by atoms with van der Waals surface area (Å²) >= 11 is 6.01. The average Bonchev–Trinajstić information content (AvgIpc) is 2.39. The van der Waals surface area contributed by atoms with Crippen molar-refractivity contribution in [3.8, 4) is 11.4 Å². The molecule has 2 rings (SSSR count). The van der Waals surface area contributed by atoms with Gasteiger partial charge >= 0.3 is 0 Å². The minimum absolute atomic E-state index is 0.230. The highest BCUT2D eigenvalue weighted by atomic mass is 35.5. The van der Waals surface area contributed by atoms with Crippen LogP contribution in [-0.2, 0) is 0 Å². The van der Waals surface area contributed by atoms with Crippen molar-refractivity contribution in [3.05, 3.63) is 35.1 Å². The maximum absolute atomic E-state index is 6.01. The van der Waals surface area contributed by atoms with Gasteiger partial charge in [0.1, 0.15) is 0 Å². The quantitative estimate of drug-likeness (QED) is 0.859. The normalized spacial score (nSPS) is 10.5. The monoisotopic (exact) mass is 276 g/mol. The minimum atomic E-state index is 0.230. The van der Waals surface area contributed by atoms with Gasteiger partial charge in [0.05, 0.1) is 0 Å². The predicted molar refractivity (Wildman–Crippen MR) is 78.6 cm³/mol. The summed E-state index contributed by atoms with van der Waals surface area (Å²) in [6, 6.07) is 8.04. The van der Waals surface area contributed by atoms with Gasteiger partial charge in [-0.1, -0.05) is 23.8 Å². The molecular formula is C14H17ClN4. The van der Waals surface area contributed by atoms with Gasteiger partial charge in [-0.2, -0.15) is 15.0 Å². The van der Waals surface area contributed by atoms with Gasteiger partial charge in [0.25, 0.3) is 0 Å². The summed E-state index contributed by atoms with van der Waals surface area (Å²) in [6.07, 6.45) is 0. The van der Waals surface area contributed by atoms with Crippen LogP contribution in [0.1, 0.15) is 19.4 Å². The van der Waals surface area contributed by atoms with E-state index in [1.165, 1.54) is 5.56 Å². The molecule has 100 valence electrons. The molecule has 0 aliphatic carbocycles. The highest BCUT2D eigenvalue weighted by Crippen LogP contribution is 2.20. The lowest BCUT2D eigenvalue weighted by Gasteiger charge is -2.18. The number of hydrogen-bond donors (Lipinski definition) is 0. The van der Waals surface area contributed by atoms with E-state index in [2.05, 4.69) is 28.8 Å². The molecule has 2 aromatic rings. The third-order valence-electron chi connectivity index (χ3n) is 2.92. The first kappa shape index (κ1) is 13.7. The van der Waals surface area contributed by atoms with Crippen LogP contribution in [0.3, 0.4) is 0 Å². The van der Waals surface area contributed by atoms with E-state index in [4.69, 9.17) is 11.6 Å². The fourth-order valence-electron chi connectivity index (χ4n) is 1.90. The molecule has 0 amide bonds. The molecule has 0 unspecified atom stereocenters. The van der Waals surface area contributed by atoms with Gasteiger partial charge in [-0.15, -0.1) is 0 Å². The largest absolute Gasteiger partial charge is 0.341 e. The van der Waals surface area contributed by atoms with E-state index < -0.39 is 0 Å². The molecular weight excluding hydrogens is 260 g/mol. The number of aryl methyl sites for hydroxylation is 1. The molecule has 0 bridgehead atoms. The minimum Gasteiger partial charge on any atom is -0.341 e. The molecule has 4 nitrogen and oxygen atoms in total. The maximum Gasteiger partial charge on any atom is 0.230 e. The number of hydrogen-bond acceptors (Lipinski definition) is 4. The molecule has 0 N–H and O–H groups in total. The molecule has 0 fully saturated rings. The van der Waals surface area contributed by atoms with Gasteiger partial charge in [-0.3, -0.25) is 0 Å². The summed E-state index contributed by atoms with van der Waals surface area (Å²) in [5, 5.41) is 0.230. The zero-order valence-corrected chi connectivity index (χ0v) is 12.1. The number of anilines is 1. The fraction of sp³-hybridized carbons (Fsp3) is 0.357. The average molecular weight is 277 g/mol. The molecule has 0 saturated heterocycles. The Kier molecular flexibility index (Phi) is 4.32. The molecule has 0 aliphatic rings. The number of nitrogens with zero attached hydrogens (tertiary/aromatic N) is 4. The fourth-order valence-corrected chi connectivity index (χ4v) is 2.06. The van der Waals surface area contributed by atoms with Crippen LogP contribution in [0.2, 0.25) is 5.28 Å². The van der Waals surface area contributed by atoms with Crippen molar-refractivity contribution in [1.29, 1.82) is 0 Å². The van der Waals surface area contributed by atoms with Crippen LogP contribution in [0.15, 0.2) is 24.3 Å². The number of aromatic nitrogens is 3. The lowest BCUT2D eigenvalue weighted by molar-refractivity contribution is 0.813. The summed E-state index contributed by atoms with van der Waals surface area (Å²) in [6.45, 7) is 7.84. The van der Waals surface area contributed by atoms with Crippen molar-refractivity contribution in [2.45, 2.75) is 20.8 Å². The molecule has 0 spiro atoms. The predicted octanol–water partition coefficient (Wildman–Crippen LogP) is 3.35. The zero-order valence-electron chi connectivity index (χ0n) is 11.4. The molecule has 5 heteroatoms. The van der Waals surface area contributed by atoms with Crippen molar-refractivity contribution in [2.24, 2.45) is 0 Å². The van der Waals surface area contributed by atoms with Crippen molar-refractivity contribution < 1.29 is 0 Å². The van der Waals surface area contributed by atoms with Crippen LogP contribution in [-0.4, -0.2) is 28.0 Å². The van der Waals surface area contributed by atoms with E-state index in [1.807, 2.05) is 36.1 Å². The first-order chi connectivity index (χ1) is 9.13. The molecule has 1 aromatic heterocycles. The van der Waals surface area contributed by atoms with E-state index >= 15 is 0 Å². The van der Waals surface area contributed by atoms with E-state index in [0.29, 0.717) is 11.8 Å². The van der Waals surface area contributed by atoms with Crippen molar-refractivity contribution >= 4 is 17.5 Å². The van der Waals surface area contributed by atoms with E-state index in [9.17, 15) is 0 Å². The Balaban J connectivity index is 2.47. The topological polar surface area (TPSA) is 41.9 Å². The third kappa shape index (κ3) is 3.20. The molecule has 0 aliphatic heterocycles. The summed E-state index contributed by atoms with van der Waals surface area (Å²) in [5.41, 5.74) is 2.12. The Morgan fingerprint density at radius 3 is 2.47 bits per heavy atom. The first-order valence-electron chi connectivity index (χ1n) is 6.37. The molecule has 0 radical (unpaired) electrons. The van der Waals surface area contributed by atoms with Crippen LogP contribution < -0.4 is 4.90 Å². The molecule has 1 aromatic carbocycles. The Labute approximate surface area is 118 Å². The van der Waals surface area contributed by atoms with E-state index in [-0.39, 0.29) is 5.28 Å². The summed E-state index contributed by atoms with van der Waals surface area (Å²) < 4.78 is 0. The van der Waals surface area contributed by atoms with Gasteiger partial charge in [-0.25, -0.2) is 0 Å². The number of halogens is 1. The van der Waals surface area contributed by atoms with Crippen LogP contribution in [0, 0.1) is 6.92 Å². The highest BCUT2D eigenvalue weighted by molar-refractivity contribution is 6.28. The first-order valence-corrected chi connectivity index (χ1v) is 6.75. The van der Waals surface area contributed by atoms with Crippen molar-refractivity contribution in [3.63, 3.8) is 0 Å². The van der Waals surface area contributed by atoms with E-state index in [1.54, 1.807) is 0 Å². The van der Waals surface area contributed by atoms with Crippen molar-refractivity contribution in [2.75, 3.05) is 18.0 Å². The highest BCUT2D eigenvalue weighted by Gasteiger charge is 2.11. The van der Waals surface area contributed by atoms with Gasteiger partial charge in [0.15, 0.2) is 5.82 Å². The van der Waals surface area contributed by atoms with Crippen LogP contribution in [0.25, 0.3) is 11.4 Å². The second-order valence-corrected chi connectivity index (χ2v) is 4.61. The second-order valence-electron chi connectivity index (χ2n) is 4.27. The van der Waals surface area contributed by atoms with Crippen molar-refractivity contribution in [1.82, 2.24) is 15.0 Å². The standard InChI is InChI=1S/C14H17ClN4/c1-4-19(5-2)14-17-12(16-13(15)18-14)11-8-6-7-10(3)9-11/h6-9H,4-5H2,1-3H3. The molecule has 19 heavy (non-hydrogen) atoms. The van der Waals surface area contributed by atoms with Gasteiger partial charge < -0.3 is 4.90 Å². The SMILES string of the molecule is CCN(CC)c1nc(Cl)nc(-c2cccc(C)c2)n1. The van der Waals surface area contributed by atoms with Gasteiger partial charge in [0.2, 0.25) is 11.2 Å². The Morgan fingerprint density at radius 2 is 1.84 bits per heavy atom. The second kappa shape index (κ2) is 5.97. The van der Waals surface area contributed by atoms with Gasteiger partial charge in [-0.05, 0) is 38.4 Å². The Bertz CT molecular complexity index is 567.